The van der Waals surface area contributed by atoms with E-state index < -0.39 is 12.2 Å². The average Bonchev–Trinajstić information content (AvgIpc) is 3.25. The summed E-state index contributed by atoms with van der Waals surface area (Å²) in [5.74, 6) is -1.13. The van der Waals surface area contributed by atoms with Crippen LogP contribution in [0.5, 0.6) is 0 Å². The molecule has 0 heterocycles. The standard InChI is InChI=1S/C52H70N2O6/c1-3-5-7-9-11-13-15-17-19-27-33-53(39-29-23-21-24-30-39)41-35-43(55)47(44(56)36-41)49-51(59)50(52(49)60)48-45(57)37-42(38-46(48)58)54(40-31-25-22-26-32-40)34-28-20-18-16-14-12-10-8-6-4-2/h21-26,29-32,35-38,51-52,59-60H,3-20,27-28,33-34H2,1-2H3,(H2,55,56,57,58)/p+2. The molecule has 60 heavy (non-hydrogen) atoms. The van der Waals surface area contributed by atoms with Gasteiger partial charge in [-0.1, -0.05) is 153 Å². The van der Waals surface area contributed by atoms with E-state index in [2.05, 4.69) is 23.0 Å². The molecule has 0 spiro atoms. The lowest BCUT2D eigenvalue weighted by Crippen LogP contribution is -2.44. The molecule has 3 aliphatic carbocycles. The maximum Gasteiger partial charge on any atom is 0.213 e. The van der Waals surface area contributed by atoms with Gasteiger partial charge >= 0.3 is 0 Å². The molecule has 2 aromatic rings. The molecule has 324 valence electrons. The van der Waals surface area contributed by atoms with Crippen molar-refractivity contribution in [2.24, 2.45) is 0 Å². The molecule has 0 bridgehead atoms. The smallest absolute Gasteiger partial charge is 0.213 e. The Bertz CT molecular complexity index is 1750. The van der Waals surface area contributed by atoms with Crippen molar-refractivity contribution in [1.82, 2.24) is 0 Å². The first-order valence-electron chi connectivity index (χ1n) is 23.1. The highest BCUT2D eigenvalue weighted by Crippen LogP contribution is 2.44. The minimum absolute atomic E-state index is 0.00209. The van der Waals surface area contributed by atoms with Gasteiger partial charge in [-0.3, -0.25) is 0 Å². The molecule has 0 amide bonds. The van der Waals surface area contributed by atoms with Crippen molar-refractivity contribution in [3.8, 4) is 0 Å². The summed E-state index contributed by atoms with van der Waals surface area (Å²) in [6.45, 7) is 5.86. The summed E-state index contributed by atoms with van der Waals surface area (Å²) >= 11 is 0. The van der Waals surface area contributed by atoms with Gasteiger partial charge in [0.25, 0.3) is 0 Å². The number of aliphatic hydroxyl groups excluding tert-OH is 6. The lowest BCUT2D eigenvalue weighted by molar-refractivity contribution is -0.440. The fourth-order valence-electron chi connectivity index (χ4n) is 8.73. The molecule has 8 heteroatoms. The van der Waals surface area contributed by atoms with Gasteiger partial charge < -0.3 is 30.6 Å². The Morgan fingerprint density at radius 2 is 0.650 bits per heavy atom. The first-order valence-corrected chi connectivity index (χ1v) is 23.1. The summed E-state index contributed by atoms with van der Waals surface area (Å²) in [7, 11) is 0. The Hall–Kier alpha value is -4.66. The number of hydrogen-bond acceptors (Lipinski definition) is 6. The number of unbranched alkanes of at least 4 members (excludes halogenated alkanes) is 18. The molecule has 5 rings (SSSR count). The van der Waals surface area contributed by atoms with Gasteiger partial charge in [0, 0.05) is 48.3 Å². The van der Waals surface area contributed by atoms with Crippen molar-refractivity contribution in [3.63, 3.8) is 0 Å². The second-order valence-corrected chi connectivity index (χ2v) is 16.8. The van der Waals surface area contributed by atoms with Gasteiger partial charge in [-0.05, 0) is 12.8 Å². The summed E-state index contributed by atoms with van der Waals surface area (Å²) in [5, 5.41) is 68.5. The zero-order valence-corrected chi connectivity index (χ0v) is 36.4. The van der Waals surface area contributed by atoms with E-state index in [4.69, 9.17) is 0 Å². The summed E-state index contributed by atoms with van der Waals surface area (Å²) < 4.78 is 4.13. The number of para-hydroxylation sites is 2. The fraction of sp³-hybridized carbons (Fsp3) is 0.500. The van der Waals surface area contributed by atoms with Crippen LogP contribution < -0.4 is 0 Å². The fourth-order valence-corrected chi connectivity index (χ4v) is 8.73. The van der Waals surface area contributed by atoms with Crippen molar-refractivity contribution in [2.45, 2.75) is 154 Å². The summed E-state index contributed by atoms with van der Waals surface area (Å²) in [6.07, 6.45) is 27.7. The van der Waals surface area contributed by atoms with Gasteiger partial charge in [-0.2, -0.15) is 9.15 Å². The Kier molecular flexibility index (Phi) is 19.0. The van der Waals surface area contributed by atoms with E-state index in [1.165, 1.54) is 89.9 Å². The number of allylic oxidation sites excluding steroid dienone is 4. The zero-order valence-electron chi connectivity index (χ0n) is 36.4. The molecule has 0 atom stereocenters. The van der Waals surface area contributed by atoms with Crippen molar-refractivity contribution in [2.75, 3.05) is 13.1 Å². The van der Waals surface area contributed by atoms with Gasteiger partial charge in [0.2, 0.25) is 22.8 Å². The molecule has 3 aliphatic rings. The molecule has 0 unspecified atom stereocenters. The topological polar surface area (TPSA) is 127 Å². The third kappa shape index (κ3) is 12.7. The normalized spacial score (nSPS) is 17.9. The predicted octanol–water partition coefficient (Wildman–Crippen LogP) is 12.5. The molecule has 0 saturated heterocycles. The van der Waals surface area contributed by atoms with Gasteiger partial charge in [-0.15, -0.1) is 0 Å². The highest BCUT2D eigenvalue weighted by Gasteiger charge is 2.47. The second-order valence-electron chi connectivity index (χ2n) is 16.8. The van der Waals surface area contributed by atoms with E-state index in [9.17, 15) is 30.6 Å². The summed E-state index contributed by atoms with van der Waals surface area (Å²) in [6, 6.07) is 19.7. The Balaban J connectivity index is 1.30. The zero-order chi connectivity index (χ0) is 42.7. The van der Waals surface area contributed by atoms with Gasteiger partial charge in [-0.25, -0.2) is 0 Å². The highest BCUT2D eigenvalue weighted by atomic mass is 16.3. The maximum absolute atomic E-state index is 11.5. The predicted molar refractivity (Wildman–Crippen MR) is 245 cm³/mol. The molecular formula is C52H72N2O6+2. The molecule has 0 aromatic heterocycles. The molecule has 1 saturated carbocycles. The summed E-state index contributed by atoms with van der Waals surface area (Å²) in [4.78, 5) is 0. The van der Waals surface area contributed by atoms with Crippen LogP contribution >= 0.6 is 0 Å². The number of nitrogens with zero attached hydrogens (tertiary/aromatic N) is 2. The lowest BCUT2D eigenvalue weighted by atomic mass is 9.71. The van der Waals surface area contributed by atoms with Crippen molar-refractivity contribution in [1.29, 1.82) is 0 Å². The average molecular weight is 821 g/mol. The van der Waals surface area contributed by atoms with Crippen molar-refractivity contribution < 1.29 is 39.8 Å². The molecule has 0 radical (unpaired) electrons. The second kappa shape index (κ2) is 24.6. The minimum Gasteiger partial charge on any atom is -0.507 e. The SMILES string of the molecule is CCCCCCCCCCCC[N+](=C1C=C(O)C(=C2C(O)C(=C3C(O)=CC(=[N+](CCCCCCCCCCCC)c4ccccc4)C=C3O)C2O)C(O)=C1)c1ccccc1. The van der Waals surface area contributed by atoms with Crippen LogP contribution in [-0.2, 0) is 0 Å². The Labute approximate surface area is 359 Å². The largest absolute Gasteiger partial charge is 0.507 e. The van der Waals surface area contributed by atoms with Gasteiger partial charge in [0.05, 0.1) is 35.5 Å². The first-order chi connectivity index (χ1) is 29.3. The number of rotatable bonds is 24. The van der Waals surface area contributed by atoms with E-state index in [-0.39, 0.29) is 45.3 Å². The first kappa shape index (κ1) is 46.4. The number of benzene rings is 2. The molecule has 0 aliphatic heterocycles. The van der Waals surface area contributed by atoms with Crippen LogP contribution in [0.2, 0.25) is 0 Å². The number of hydrogen-bond donors (Lipinski definition) is 6. The summed E-state index contributed by atoms with van der Waals surface area (Å²) in [5.41, 5.74) is 2.93. The third-order valence-corrected chi connectivity index (χ3v) is 12.1. The van der Waals surface area contributed by atoms with Crippen LogP contribution in [0.3, 0.4) is 0 Å². The van der Waals surface area contributed by atoms with E-state index in [1.807, 2.05) is 60.7 Å². The quantitative estimate of drug-likeness (QED) is 0.0462. The molecular weight excluding hydrogens is 749 g/mol. The third-order valence-electron chi connectivity index (χ3n) is 12.1. The molecule has 6 N–H and O–H groups in total. The van der Waals surface area contributed by atoms with Crippen LogP contribution in [0, 0.1) is 0 Å². The van der Waals surface area contributed by atoms with Gasteiger partial charge in [0.15, 0.2) is 0 Å². The maximum atomic E-state index is 11.5. The Morgan fingerprint density at radius 1 is 0.383 bits per heavy atom. The number of aliphatic hydroxyl groups is 6. The minimum atomic E-state index is -1.46. The van der Waals surface area contributed by atoms with E-state index in [0.29, 0.717) is 24.5 Å². The molecule has 1 fully saturated rings. The highest BCUT2D eigenvalue weighted by molar-refractivity contribution is 6.05. The monoisotopic (exact) mass is 821 g/mol. The molecule has 2 aromatic carbocycles. The van der Waals surface area contributed by atoms with Crippen molar-refractivity contribution in [3.05, 3.63) is 130 Å². The van der Waals surface area contributed by atoms with Crippen LogP contribution in [0.25, 0.3) is 0 Å². The van der Waals surface area contributed by atoms with E-state index in [0.717, 1.165) is 49.9 Å². The van der Waals surface area contributed by atoms with Crippen molar-refractivity contribution >= 4 is 22.8 Å². The lowest BCUT2D eigenvalue weighted by Gasteiger charge is -2.39. The van der Waals surface area contributed by atoms with Crippen LogP contribution in [0.1, 0.15) is 142 Å². The van der Waals surface area contributed by atoms with Crippen LogP contribution in [0.15, 0.2) is 130 Å². The van der Waals surface area contributed by atoms with Crippen LogP contribution in [-0.4, -0.2) is 76.5 Å². The van der Waals surface area contributed by atoms with E-state index >= 15 is 0 Å². The van der Waals surface area contributed by atoms with E-state index in [1.54, 1.807) is 24.3 Å². The van der Waals surface area contributed by atoms with Gasteiger partial charge in [0.1, 0.15) is 48.3 Å². The Morgan fingerprint density at radius 3 is 0.933 bits per heavy atom. The molecule has 8 nitrogen and oxygen atoms in total. The van der Waals surface area contributed by atoms with Crippen LogP contribution in [0.4, 0.5) is 11.4 Å².